The second-order valence-corrected chi connectivity index (χ2v) is 5.86. The van der Waals surface area contributed by atoms with Crippen molar-refractivity contribution in [3.05, 3.63) is 41.8 Å². The van der Waals surface area contributed by atoms with E-state index in [4.69, 9.17) is 9.26 Å². The Morgan fingerprint density at radius 3 is 2.84 bits per heavy atom. The van der Waals surface area contributed by atoms with Gasteiger partial charge >= 0.3 is 0 Å². The van der Waals surface area contributed by atoms with Gasteiger partial charge in [0.1, 0.15) is 23.6 Å². The standard InChI is InChI=1S/C18H21N3O4/c1-3-6-15-13(11-19-25-15)18(23)20-9-10-21(17(22)12-20)14-7-4-5-8-16(14)24-2/h4-5,7-8,11H,3,6,9-10,12H2,1-2H3. The van der Waals surface area contributed by atoms with Crippen molar-refractivity contribution in [2.24, 2.45) is 0 Å². The van der Waals surface area contributed by atoms with Crippen molar-refractivity contribution in [3.63, 3.8) is 0 Å². The Labute approximate surface area is 146 Å². The van der Waals surface area contributed by atoms with E-state index in [-0.39, 0.29) is 18.4 Å². The fourth-order valence-corrected chi connectivity index (χ4v) is 2.97. The van der Waals surface area contributed by atoms with E-state index >= 15 is 0 Å². The SMILES string of the molecule is CCCc1oncc1C(=O)N1CCN(c2ccccc2OC)C(=O)C1. The van der Waals surface area contributed by atoms with E-state index in [1.807, 2.05) is 31.2 Å². The molecule has 7 nitrogen and oxygen atoms in total. The van der Waals surface area contributed by atoms with Crippen LogP contribution in [0.2, 0.25) is 0 Å². The summed E-state index contributed by atoms with van der Waals surface area (Å²) in [6, 6.07) is 7.37. The van der Waals surface area contributed by atoms with Crippen molar-refractivity contribution in [1.29, 1.82) is 0 Å². The normalized spacial score (nSPS) is 14.7. The smallest absolute Gasteiger partial charge is 0.259 e. The number of para-hydroxylation sites is 2. The fourth-order valence-electron chi connectivity index (χ4n) is 2.97. The van der Waals surface area contributed by atoms with Crippen molar-refractivity contribution in [2.75, 3.05) is 31.6 Å². The molecule has 2 aromatic rings. The number of rotatable bonds is 5. The van der Waals surface area contributed by atoms with Crippen LogP contribution in [0.4, 0.5) is 5.69 Å². The van der Waals surface area contributed by atoms with Crippen LogP contribution in [0, 0.1) is 0 Å². The molecule has 0 radical (unpaired) electrons. The Hall–Kier alpha value is -2.83. The maximum Gasteiger partial charge on any atom is 0.259 e. The molecule has 0 unspecified atom stereocenters. The van der Waals surface area contributed by atoms with Gasteiger partial charge in [0.25, 0.3) is 5.91 Å². The summed E-state index contributed by atoms with van der Waals surface area (Å²) >= 11 is 0. The second kappa shape index (κ2) is 7.38. The molecule has 1 aliphatic heterocycles. The van der Waals surface area contributed by atoms with Crippen molar-refractivity contribution in [2.45, 2.75) is 19.8 Å². The minimum atomic E-state index is -0.210. The molecule has 25 heavy (non-hydrogen) atoms. The highest BCUT2D eigenvalue weighted by Gasteiger charge is 2.31. The fraction of sp³-hybridized carbons (Fsp3) is 0.389. The van der Waals surface area contributed by atoms with Crippen molar-refractivity contribution in [3.8, 4) is 5.75 Å². The molecule has 2 heterocycles. The molecule has 0 N–H and O–H groups in total. The zero-order chi connectivity index (χ0) is 17.8. The number of hydrogen-bond acceptors (Lipinski definition) is 5. The molecule has 0 bridgehead atoms. The molecule has 1 aromatic carbocycles. The van der Waals surface area contributed by atoms with E-state index in [0.29, 0.717) is 36.6 Å². The van der Waals surface area contributed by atoms with Gasteiger partial charge in [0.2, 0.25) is 5.91 Å². The Kier molecular flexibility index (Phi) is 5.02. The predicted molar refractivity (Wildman–Crippen MR) is 91.7 cm³/mol. The zero-order valence-electron chi connectivity index (χ0n) is 14.4. The van der Waals surface area contributed by atoms with Crippen LogP contribution in [-0.2, 0) is 11.2 Å². The first-order valence-electron chi connectivity index (χ1n) is 8.32. The van der Waals surface area contributed by atoms with E-state index < -0.39 is 0 Å². The summed E-state index contributed by atoms with van der Waals surface area (Å²) in [6.45, 7) is 2.89. The van der Waals surface area contributed by atoms with Crippen LogP contribution in [0.15, 0.2) is 35.0 Å². The van der Waals surface area contributed by atoms with Crippen LogP contribution in [0.25, 0.3) is 0 Å². The molecule has 132 valence electrons. The molecule has 1 fully saturated rings. The molecule has 2 amide bonds. The average molecular weight is 343 g/mol. The lowest BCUT2D eigenvalue weighted by Crippen LogP contribution is -2.52. The molecule has 7 heteroatoms. The monoisotopic (exact) mass is 343 g/mol. The van der Waals surface area contributed by atoms with Gasteiger partial charge in [-0.1, -0.05) is 24.2 Å². The molecular weight excluding hydrogens is 322 g/mol. The average Bonchev–Trinajstić information content (AvgIpc) is 3.09. The Bertz CT molecular complexity index is 771. The van der Waals surface area contributed by atoms with Crippen molar-refractivity contribution < 1.29 is 18.8 Å². The van der Waals surface area contributed by atoms with Gasteiger partial charge in [-0.15, -0.1) is 0 Å². The summed E-state index contributed by atoms with van der Waals surface area (Å²) in [5, 5.41) is 3.73. The number of ether oxygens (including phenoxy) is 1. The zero-order valence-corrected chi connectivity index (χ0v) is 14.4. The number of hydrogen-bond donors (Lipinski definition) is 0. The quantitative estimate of drug-likeness (QED) is 0.831. The van der Waals surface area contributed by atoms with E-state index in [2.05, 4.69) is 5.16 Å². The van der Waals surface area contributed by atoms with Gasteiger partial charge < -0.3 is 19.1 Å². The van der Waals surface area contributed by atoms with E-state index in [9.17, 15) is 9.59 Å². The minimum Gasteiger partial charge on any atom is -0.495 e. The van der Waals surface area contributed by atoms with Crippen LogP contribution in [0.5, 0.6) is 5.75 Å². The number of piperazine rings is 1. The Morgan fingerprint density at radius 2 is 2.12 bits per heavy atom. The molecule has 0 atom stereocenters. The van der Waals surface area contributed by atoms with Crippen LogP contribution < -0.4 is 9.64 Å². The minimum absolute atomic E-state index is 0.0215. The number of anilines is 1. The molecule has 1 aromatic heterocycles. The number of carbonyl (C=O) groups excluding carboxylic acids is 2. The number of amides is 2. The molecule has 3 rings (SSSR count). The summed E-state index contributed by atoms with van der Waals surface area (Å²) in [7, 11) is 1.57. The van der Waals surface area contributed by atoms with Gasteiger partial charge in [-0.3, -0.25) is 9.59 Å². The first-order chi connectivity index (χ1) is 12.2. The number of nitrogens with zero attached hydrogens (tertiary/aromatic N) is 3. The number of aromatic nitrogens is 1. The summed E-state index contributed by atoms with van der Waals surface area (Å²) in [5.41, 5.74) is 1.17. The third-order valence-electron chi connectivity index (χ3n) is 4.24. The molecular formula is C18H21N3O4. The van der Waals surface area contributed by atoms with Crippen LogP contribution in [0.3, 0.4) is 0 Å². The summed E-state index contributed by atoms with van der Waals surface area (Å²) < 4.78 is 10.5. The van der Waals surface area contributed by atoms with Crippen molar-refractivity contribution >= 4 is 17.5 Å². The van der Waals surface area contributed by atoms with Gasteiger partial charge in [0.15, 0.2) is 0 Å². The van der Waals surface area contributed by atoms with E-state index in [0.717, 1.165) is 12.1 Å². The summed E-state index contributed by atoms with van der Waals surface area (Å²) in [6.07, 6.45) is 2.94. The highest BCUT2D eigenvalue weighted by atomic mass is 16.5. The van der Waals surface area contributed by atoms with Gasteiger partial charge in [-0.2, -0.15) is 0 Å². The van der Waals surface area contributed by atoms with Crippen LogP contribution >= 0.6 is 0 Å². The van der Waals surface area contributed by atoms with Crippen LogP contribution in [-0.4, -0.2) is 48.6 Å². The number of methoxy groups -OCH3 is 1. The highest BCUT2D eigenvalue weighted by molar-refractivity contribution is 6.02. The lowest BCUT2D eigenvalue weighted by atomic mass is 10.1. The predicted octanol–water partition coefficient (Wildman–Crippen LogP) is 2.12. The first kappa shape index (κ1) is 17.0. The Balaban J connectivity index is 1.74. The summed E-state index contributed by atoms with van der Waals surface area (Å²) in [4.78, 5) is 28.5. The van der Waals surface area contributed by atoms with Gasteiger partial charge in [0, 0.05) is 19.5 Å². The molecule has 0 spiro atoms. The second-order valence-electron chi connectivity index (χ2n) is 5.86. The lowest BCUT2D eigenvalue weighted by Gasteiger charge is -2.34. The number of benzene rings is 1. The largest absolute Gasteiger partial charge is 0.495 e. The van der Waals surface area contributed by atoms with E-state index in [1.165, 1.54) is 6.20 Å². The third-order valence-corrected chi connectivity index (χ3v) is 4.24. The molecule has 0 aliphatic carbocycles. The third kappa shape index (κ3) is 3.35. The maximum atomic E-state index is 12.7. The number of carbonyl (C=O) groups is 2. The van der Waals surface area contributed by atoms with E-state index in [1.54, 1.807) is 16.9 Å². The molecule has 0 saturated carbocycles. The van der Waals surface area contributed by atoms with Gasteiger partial charge in [0.05, 0.1) is 19.0 Å². The summed E-state index contributed by atoms with van der Waals surface area (Å²) in [5.74, 6) is 0.863. The van der Waals surface area contributed by atoms with Gasteiger partial charge in [-0.05, 0) is 18.6 Å². The molecule has 1 saturated heterocycles. The van der Waals surface area contributed by atoms with Gasteiger partial charge in [-0.25, -0.2) is 0 Å². The first-order valence-corrected chi connectivity index (χ1v) is 8.32. The lowest BCUT2D eigenvalue weighted by molar-refractivity contribution is -0.120. The van der Waals surface area contributed by atoms with Crippen LogP contribution in [0.1, 0.15) is 29.5 Å². The highest BCUT2D eigenvalue weighted by Crippen LogP contribution is 2.29. The topological polar surface area (TPSA) is 75.9 Å². The number of aryl methyl sites for hydroxylation is 1. The maximum absolute atomic E-state index is 12.7. The molecule has 1 aliphatic rings. The van der Waals surface area contributed by atoms with Crippen molar-refractivity contribution in [1.82, 2.24) is 10.1 Å². The Morgan fingerprint density at radius 1 is 1.32 bits per heavy atom.